The molecule has 270 valence electrons. The van der Waals surface area contributed by atoms with Crippen LogP contribution in [0.5, 0.6) is 0 Å². The standard InChI is InChI=1S/C37H44O13/c1-19-26(50-29(43)15-14-24-12-10-9-11-13-24)17-28(46-20(2)38)35(7)30(19)31(47-21(3)39)25-16-27(42)36(8)37(44,34(25,6)18-45-36)33(49-23(5)41)32(35)48-22(4)40/h9-15,25-26,28,30-33,44H,1,16-18H2,2-8H3/b15-14-/t25-,26-,28-,30-,31-,32+,33+,34+,35+,36-,37-/m0/s1. The van der Waals surface area contributed by atoms with Crippen LogP contribution in [0.4, 0.5) is 0 Å². The van der Waals surface area contributed by atoms with Gasteiger partial charge in [-0.2, -0.15) is 0 Å². The fraction of sp³-hybridized carbons (Fsp3) is 0.568. The second-order valence-electron chi connectivity index (χ2n) is 14.3. The first kappa shape index (κ1) is 36.9. The topological polar surface area (TPSA) is 178 Å². The molecule has 13 heteroatoms. The lowest BCUT2D eigenvalue weighted by molar-refractivity contribution is -0.295. The van der Waals surface area contributed by atoms with Crippen molar-refractivity contribution >= 4 is 41.7 Å². The molecule has 4 aliphatic rings. The van der Waals surface area contributed by atoms with Crippen molar-refractivity contribution in [3.05, 3.63) is 54.1 Å². The number of carbonyl (C=O) groups excluding carboxylic acids is 6. The Morgan fingerprint density at radius 1 is 0.860 bits per heavy atom. The molecular weight excluding hydrogens is 652 g/mol. The number of carbonyl (C=O) groups is 6. The van der Waals surface area contributed by atoms with Crippen molar-refractivity contribution < 1.29 is 62.3 Å². The molecular formula is C37H44O13. The van der Waals surface area contributed by atoms with Crippen molar-refractivity contribution in [2.24, 2.45) is 22.7 Å². The summed E-state index contributed by atoms with van der Waals surface area (Å²) in [6.45, 7) is 13.3. The first-order valence-corrected chi connectivity index (χ1v) is 16.5. The first-order valence-electron chi connectivity index (χ1n) is 16.5. The number of ketones is 1. The Morgan fingerprint density at radius 3 is 2.02 bits per heavy atom. The van der Waals surface area contributed by atoms with Crippen LogP contribution in [0.2, 0.25) is 0 Å². The molecule has 0 aromatic heterocycles. The minimum absolute atomic E-state index is 0.194. The van der Waals surface area contributed by atoms with Crippen molar-refractivity contribution in [2.45, 2.75) is 103 Å². The maximum absolute atomic E-state index is 14.1. The summed E-state index contributed by atoms with van der Waals surface area (Å²) in [7, 11) is 0. The van der Waals surface area contributed by atoms with Crippen LogP contribution >= 0.6 is 0 Å². The smallest absolute Gasteiger partial charge is 0.331 e. The minimum atomic E-state index is -2.36. The van der Waals surface area contributed by atoms with E-state index in [4.69, 9.17) is 28.4 Å². The molecule has 0 amide bonds. The van der Waals surface area contributed by atoms with Crippen molar-refractivity contribution in [1.82, 2.24) is 0 Å². The highest BCUT2D eigenvalue weighted by molar-refractivity contribution is 5.91. The molecule has 50 heavy (non-hydrogen) atoms. The number of rotatable bonds is 7. The van der Waals surface area contributed by atoms with Crippen molar-refractivity contribution in [2.75, 3.05) is 6.61 Å². The van der Waals surface area contributed by atoms with Gasteiger partial charge < -0.3 is 33.5 Å². The third-order valence-corrected chi connectivity index (χ3v) is 11.3. The Labute approximate surface area is 290 Å². The Bertz CT molecular complexity index is 1630. The molecule has 1 aromatic rings. The quantitative estimate of drug-likeness (QED) is 0.191. The van der Waals surface area contributed by atoms with Crippen LogP contribution in [0.15, 0.2) is 48.6 Å². The zero-order valence-electron chi connectivity index (χ0n) is 29.3. The molecule has 5 rings (SSSR count). The van der Waals surface area contributed by atoms with E-state index in [-0.39, 0.29) is 25.0 Å². The van der Waals surface area contributed by atoms with Gasteiger partial charge >= 0.3 is 29.8 Å². The van der Waals surface area contributed by atoms with Gasteiger partial charge in [0.1, 0.15) is 23.9 Å². The van der Waals surface area contributed by atoms with Gasteiger partial charge in [0.05, 0.1) is 12.0 Å². The Hall–Kier alpha value is -4.36. The zero-order chi connectivity index (χ0) is 37.0. The number of hydrogen-bond donors (Lipinski definition) is 1. The van der Waals surface area contributed by atoms with Gasteiger partial charge in [0.2, 0.25) is 0 Å². The van der Waals surface area contributed by atoms with Gasteiger partial charge in [0.15, 0.2) is 23.6 Å². The summed E-state index contributed by atoms with van der Waals surface area (Å²) in [6.07, 6.45) is -4.76. The lowest BCUT2D eigenvalue weighted by Gasteiger charge is -2.64. The number of fused-ring (bicyclic) bond motifs is 1. The van der Waals surface area contributed by atoms with Gasteiger partial charge in [-0.3, -0.25) is 24.0 Å². The van der Waals surface area contributed by atoms with E-state index < -0.39 is 100 Å². The monoisotopic (exact) mass is 696 g/mol. The number of aliphatic hydroxyl groups is 1. The molecule has 3 saturated carbocycles. The summed E-state index contributed by atoms with van der Waals surface area (Å²) in [4.78, 5) is 78.9. The highest BCUT2D eigenvalue weighted by Crippen LogP contribution is 2.67. The van der Waals surface area contributed by atoms with E-state index in [2.05, 4.69) is 6.58 Å². The SMILES string of the molecule is C=C1[C@@H](OC(=O)/C=C\c2ccccc2)C[C@H](OC(C)=O)[C@@]2(C)[C@H](OC(C)=O)[C@@H](OC(C)=O)[C@@]3(O)[C@@]4(C)OC[C@]3(C)[C@@H](CC4=O)[C@H](OC(C)=O)[C@H]12. The van der Waals surface area contributed by atoms with Gasteiger partial charge in [0.25, 0.3) is 0 Å². The van der Waals surface area contributed by atoms with Crippen LogP contribution in [-0.2, 0) is 57.2 Å². The van der Waals surface area contributed by atoms with E-state index in [1.165, 1.54) is 26.8 Å². The molecule has 13 nitrogen and oxygen atoms in total. The molecule has 1 N–H and O–H groups in total. The summed E-state index contributed by atoms with van der Waals surface area (Å²) in [6, 6.07) is 9.03. The van der Waals surface area contributed by atoms with Crippen LogP contribution in [0.3, 0.4) is 0 Å². The molecule has 0 radical (unpaired) electrons. The number of ether oxygens (including phenoxy) is 6. The lowest BCUT2D eigenvalue weighted by atomic mass is 9.44. The van der Waals surface area contributed by atoms with Gasteiger partial charge in [-0.15, -0.1) is 0 Å². The third kappa shape index (κ3) is 5.73. The van der Waals surface area contributed by atoms with Crippen LogP contribution in [0.25, 0.3) is 6.08 Å². The van der Waals surface area contributed by atoms with Crippen LogP contribution < -0.4 is 0 Å². The molecule has 1 heterocycles. The molecule has 1 aromatic carbocycles. The molecule has 4 fully saturated rings. The molecule has 0 spiro atoms. The summed E-state index contributed by atoms with van der Waals surface area (Å²) >= 11 is 0. The second-order valence-corrected chi connectivity index (χ2v) is 14.3. The summed E-state index contributed by atoms with van der Waals surface area (Å²) in [5, 5.41) is 13.0. The number of esters is 5. The van der Waals surface area contributed by atoms with Gasteiger partial charge in [-0.1, -0.05) is 50.8 Å². The van der Waals surface area contributed by atoms with E-state index in [1.54, 1.807) is 44.2 Å². The Morgan fingerprint density at radius 2 is 1.44 bits per heavy atom. The van der Waals surface area contributed by atoms with Crippen LogP contribution in [0, 0.1) is 22.7 Å². The molecule has 4 bridgehead atoms. The van der Waals surface area contributed by atoms with Gasteiger partial charge in [-0.05, 0) is 24.1 Å². The fourth-order valence-corrected chi connectivity index (χ4v) is 8.98. The summed E-state index contributed by atoms with van der Waals surface area (Å²) < 4.78 is 35.9. The molecule has 1 saturated heterocycles. The highest BCUT2D eigenvalue weighted by atomic mass is 16.6. The Kier molecular flexibility index (Phi) is 9.65. The summed E-state index contributed by atoms with van der Waals surface area (Å²) in [5.74, 6) is -6.69. The summed E-state index contributed by atoms with van der Waals surface area (Å²) in [5.41, 5.74) is -6.51. The van der Waals surface area contributed by atoms with Crippen molar-refractivity contribution in [3.8, 4) is 0 Å². The fourth-order valence-electron chi connectivity index (χ4n) is 8.98. The third-order valence-electron chi connectivity index (χ3n) is 11.3. The van der Waals surface area contributed by atoms with E-state index >= 15 is 0 Å². The zero-order valence-corrected chi connectivity index (χ0v) is 29.3. The average Bonchev–Trinajstić information content (AvgIpc) is 3.17. The van der Waals surface area contributed by atoms with E-state index in [0.717, 1.165) is 19.4 Å². The normalized spacial score (nSPS) is 39.0. The molecule has 1 aliphatic heterocycles. The maximum Gasteiger partial charge on any atom is 0.331 e. The number of benzene rings is 1. The first-order chi connectivity index (χ1) is 23.3. The van der Waals surface area contributed by atoms with E-state index in [0.29, 0.717) is 0 Å². The van der Waals surface area contributed by atoms with Crippen molar-refractivity contribution in [3.63, 3.8) is 0 Å². The van der Waals surface area contributed by atoms with Crippen LogP contribution in [-0.4, -0.2) is 89.1 Å². The largest absolute Gasteiger partial charge is 0.462 e. The minimum Gasteiger partial charge on any atom is -0.462 e. The molecule has 0 unspecified atom stereocenters. The van der Waals surface area contributed by atoms with Gasteiger partial charge in [0, 0.05) is 63.9 Å². The predicted molar refractivity (Wildman–Crippen MR) is 173 cm³/mol. The van der Waals surface area contributed by atoms with E-state index in [9.17, 15) is 33.9 Å². The highest BCUT2D eigenvalue weighted by Gasteiger charge is 2.82. The number of Topliss-reactive ketones (excluding diaryl/α,β-unsaturated/α-hetero) is 1. The molecule has 3 aliphatic carbocycles. The predicted octanol–water partition coefficient (Wildman–Crippen LogP) is 3.05. The maximum atomic E-state index is 14.1. The molecule has 11 atom stereocenters. The second kappa shape index (κ2) is 13.1. The lowest BCUT2D eigenvalue weighted by Crippen LogP contribution is -2.80. The van der Waals surface area contributed by atoms with E-state index in [1.807, 2.05) is 6.07 Å². The Balaban J connectivity index is 1.76. The van der Waals surface area contributed by atoms with Crippen LogP contribution in [0.1, 0.15) is 66.9 Å². The number of hydrogen-bond acceptors (Lipinski definition) is 13. The average molecular weight is 697 g/mol. The van der Waals surface area contributed by atoms with Crippen molar-refractivity contribution in [1.29, 1.82) is 0 Å². The van der Waals surface area contributed by atoms with Gasteiger partial charge in [-0.25, -0.2) is 4.79 Å².